The van der Waals surface area contributed by atoms with Crippen molar-refractivity contribution in [2.45, 2.75) is 17.7 Å². The second-order valence-corrected chi connectivity index (χ2v) is 11.9. The van der Waals surface area contributed by atoms with Crippen LogP contribution in [0.25, 0.3) is 0 Å². The number of rotatable bonds is 6. The second kappa shape index (κ2) is 9.68. The molecule has 2 saturated heterocycles. The first-order valence-corrected chi connectivity index (χ1v) is 13.5. The van der Waals surface area contributed by atoms with Gasteiger partial charge in [-0.05, 0) is 24.8 Å². The number of carbonyl (C=O) groups is 1. The van der Waals surface area contributed by atoms with Crippen LogP contribution in [0.5, 0.6) is 0 Å². The van der Waals surface area contributed by atoms with Gasteiger partial charge in [0.2, 0.25) is 20.0 Å². The molecule has 0 bridgehead atoms. The van der Waals surface area contributed by atoms with E-state index in [2.05, 4.69) is 5.32 Å². The molecule has 32 heavy (non-hydrogen) atoms. The van der Waals surface area contributed by atoms with Crippen LogP contribution in [0.15, 0.2) is 29.2 Å². The van der Waals surface area contributed by atoms with Gasteiger partial charge in [0.1, 0.15) is 0 Å². The molecule has 0 unspecified atom stereocenters. The van der Waals surface area contributed by atoms with Crippen LogP contribution in [-0.2, 0) is 20.0 Å². The minimum atomic E-state index is -3.90. The van der Waals surface area contributed by atoms with E-state index in [1.165, 1.54) is 38.0 Å². The molecule has 2 heterocycles. The zero-order chi connectivity index (χ0) is 23.5. The molecule has 0 radical (unpaired) electrons. The fourth-order valence-electron chi connectivity index (χ4n) is 3.83. The Morgan fingerprint density at radius 2 is 1.69 bits per heavy atom. The van der Waals surface area contributed by atoms with Crippen molar-refractivity contribution in [1.29, 1.82) is 0 Å². The van der Waals surface area contributed by atoms with Gasteiger partial charge in [-0.2, -0.15) is 4.31 Å². The summed E-state index contributed by atoms with van der Waals surface area (Å²) >= 11 is 0. The van der Waals surface area contributed by atoms with Crippen molar-refractivity contribution < 1.29 is 26.6 Å². The van der Waals surface area contributed by atoms with E-state index in [1.54, 1.807) is 0 Å². The third-order valence-electron chi connectivity index (χ3n) is 5.78. The molecular formula is C18H27N5O7S2. The first-order chi connectivity index (χ1) is 15.0. The molecule has 2 amide bonds. The summed E-state index contributed by atoms with van der Waals surface area (Å²) < 4.78 is 51.4. The average molecular weight is 490 g/mol. The van der Waals surface area contributed by atoms with Crippen LogP contribution in [0.1, 0.15) is 12.8 Å². The number of benzene rings is 1. The lowest BCUT2D eigenvalue weighted by Crippen LogP contribution is -2.53. The smallest absolute Gasteiger partial charge is 0.317 e. The van der Waals surface area contributed by atoms with Crippen molar-refractivity contribution in [1.82, 2.24) is 18.8 Å². The Labute approximate surface area is 187 Å². The molecule has 2 aliphatic heterocycles. The van der Waals surface area contributed by atoms with Gasteiger partial charge in [0.05, 0.1) is 16.1 Å². The highest BCUT2D eigenvalue weighted by atomic mass is 32.2. The van der Waals surface area contributed by atoms with Crippen molar-refractivity contribution in [3.8, 4) is 0 Å². The van der Waals surface area contributed by atoms with E-state index in [-0.39, 0.29) is 48.7 Å². The predicted octanol–water partition coefficient (Wildman–Crippen LogP) is 0.282. The summed E-state index contributed by atoms with van der Waals surface area (Å²) in [6.07, 6.45) is 2.53. The number of nitro groups is 1. The number of hydrogen-bond acceptors (Lipinski definition) is 7. The van der Waals surface area contributed by atoms with E-state index in [1.807, 2.05) is 0 Å². The Bertz CT molecular complexity index is 1060. The molecule has 0 spiro atoms. The van der Waals surface area contributed by atoms with Crippen molar-refractivity contribution in [2.24, 2.45) is 5.92 Å². The molecule has 1 N–H and O–H groups in total. The summed E-state index contributed by atoms with van der Waals surface area (Å²) in [6, 6.07) is 4.62. The van der Waals surface area contributed by atoms with Crippen LogP contribution in [0, 0.1) is 16.0 Å². The van der Waals surface area contributed by atoms with Gasteiger partial charge in [0, 0.05) is 57.9 Å². The van der Waals surface area contributed by atoms with E-state index in [4.69, 9.17) is 0 Å². The van der Waals surface area contributed by atoms with Gasteiger partial charge in [0.15, 0.2) is 0 Å². The van der Waals surface area contributed by atoms with Gasteiger partial charge < -0.3 is 10.2 Å². The first-order valence-electron chi connectivity index (χ1n) is 10.2. The summed E-state index contributed by atoms with van der Waals surface area (Å²) in [5.41, 5.74) is -0.300. The number of nitrogens with one attached hydrogen (secondary N) is 1. The van der Waals surface area contributed by atoms with E-state index in [0.717, 1.165) is 6.07 Å². The zero-order valence-corrected chi connectivity index (χ0v) is 19.3. The Morgan fingerprint density at radius 1 is 1.06 bits per heavy atom. The van der Waals surface area contributed by atoms with E-state index in [0.29, 0.717) is 32.5 Å². The number of nitrogens with zero attached hydrogens (tertiary/aromatic N) is 4. The lowest BCUT2D eigenvalue weighted by Gasteiger charge is -2.35. The molecule has 0 aromatic heterocycles. The number of nitro benzene ring substituents is 1. The van der Waals surface area contributed by atoms with Crippen LogP contribution < -0.4 is 5.32 Å². The highest BCUT2D eigenvalue weighted by Crippen LogP contribution is 2.22. The quantitative estimate of drug-likeness (QED) is 0.445. The van der Waals surface area contributed by atoms with E-state index < -0.39 is 25.0 Å². The minimum absolute atomic E-state index is 0.0885. The average Bonchev–Trinajstić information content (AvgIpc) is 2.77. The van der Waals surface area contributed by atoms with Gasteiger partial charge in [-0.25, -0.2) is 25.9 Å². The van der Waals surface area contributed by atoms with Gasteiger partial charge in [-0.3, -0.25) is 10.1 Å². The number of piperazine rings is 1. The Kier molecular flexibility index (Phi) is 7.37. The maximum absolute atomic E-state index is 12.8. The van der Waals surface area contributed by atoms with Crippen molar-refractivity contribution in [3.05, 3.63) is 34.4 Å². The number of amides is 2. The summed E-state index contributed by atoms with van der Waals surface area (Å²) in [5, 5.41) is 13.8. The Hall–Kier alpha value is -2.29. The summed E-state index contributed by atoms with van der Waals surface area (Å²) in [5.74, 6) is 0.187. The maximum atomic E-state index is 12.8. The van der Waals surface area contributed by atoms with Gasteiger partial charge in [-0.15, -0.1) is 0 Å². The number of hydrogen-bond donors (Lipinski definition) is 1. The van der Waals surface area contributed by atoms with E-state index in [9.17, 15) is 31.7 Å². The number of sulfonamides is 2. The first kappa shape index (κ1) is 24.4. The molecule has 178 valence electrons. The number of non-ortho nitro benzene ring substituents is 1. The highest BCUT2D eigenvalue weighted by molar-refractivity contribution is 7.89. The van der Waals surface area contributed by atoms with Crippen molar-refractivity contribution in [2.75, 3.05) is 52.1 Å². The third-order valence-corrected chi connectivity index (χ3v) is 8.97. The molecule has 12 nitrogen and oxygen atoms in total. The largest absolute Gasteiger partial charge is 0.338 e. The Balaban J connectivity index is 1.48. The molecule has 1 aromatic carbocycles. The number of piperidine rings is 1. The van der Waals surface area contributed by atoms with Gasteiger partial charge >= 0.3 is 6.03 Å². The number of urea groups is 1. The lowest BCUT2D eigenvalue weighted by atomic mass is 9.98. The molecule has 0 saturated carbocycles. The van der Waals surface area contributed by atoms with Crippen molar-refractivity contribution in [3.63, 3.8) is 0 Å². The SMILES string of the molecule is CS(=O)(=O)N1CCC(CNC(=O)N2CCN(S(=O)(=O)c3cccc([N+](=O)[O-])c3)CC2)CC1. The third kappa shape index (κ3) is 5.74. The second-order valence-electron chi connectivity index (χ2n) is 7.94. The van der Waals surface area contributed by atoms with Gasteiger partial charge in [0.25, 0.3) is 5.69 Å². The summed E-state index contributed by atoms with van der Waals surface area (Å²) in [6.45, 7) is 1.89. The normalized spacial score (nSPS) is 19.6. The highest BCUT2D eigenvalue weighted by Gasteiger charge is 2.31. The van der Waals surface area contributed by atoms with Crippen LogP contribution in [-0.4, -0.2) is 93.4 Å². The molecule has 2 fully saturated rings. The zero-order valence-electron chi connectivity index (χ0n) is 17.7. The molecule has 14 heteroatoms. The molecule has 2 aliphatic rings. The number of carbonyl (C=O) groups excluding carboxylic acids is 1. The van der Waals surface area contributed by atoms with Gasteiger partial charge in [-0.1, -0.05) is 6.07 Å². The van der Waals surface area contributed by atoms with Crippen molar-refractivity contribution >= 4 is 31.8 Å². The molecular weight excluding hydrogens is 462 g/mol. The lowest BCUT2D eigenvalue weighted by molar-refractivity contribution is -0.385. The van der Waals surface area contributed by atoms with Crippen LogP contribution in [0.4, 0.5) is 10.5 Å². The summed E-state index contributed by atoms with van der Waals surface area (Å²) in [7, 11) is -7.09. The molecule has 0 aliphatic carbocycles. The predicted molar refractivity (Wildman–Crippen MR) is 116 cm³/mol. The minimum Gasteiger partial charge on any atom is -0.338 e. The standard InChI is InChI=1S/C18H27N5O7S2/c1-31(27,28)21-7-5-15(6-8-21)14-19-18(24)20-9-11-22(12-10-20)32(29,30)17-4-2-3-16(13-17)23(25)26/h2-4,13,15H,5-12,14H2,1H3,(H,19,24). The molecule has 3 rings (SSSR count). The topological polar surface area (TPSA) is 150 Å². The molecule has 1 aromatic rings. The Morgan fingerprint density at radius 3 is 2.25 bits per heavy atom. The summed E-state index contributed by atoms with van der Waals surface area (Å²) in [4.78, 5) is 24.1. The van der Waals surface area contributed by atoms with Crippen LogP contribution in [0.3, 0.4) is 0 Å². The molecule has 0 atom stereocenters. The fourth-order valence-corrected chi connectivity index (χ4v) is 6.16. The fraction of sp³-hybridized carbons (Fsp3) is 0.611. The van der Waals surface area contributed by atoms with Crippen LogP contribution in [0.2, 0.25) is 0 Å². The van der Waals surface area contributed by atoms with Crippen LogP contribution >= 0.6 is 0 Å². The maximum Gasteiger partial charge on any atom is 0.317 e. The monoisotopic (exact) mass is 489 g/mol. The van der Waals surface area contributed by atoms with E-state index >= 15 is 0 Å².